The van der Waals surface area contributed by atoms with E-state index >= 15 is 0 Å². The molecule has 1 aliphatic carbocycles. The van der Waals surface area contributed by atoms with E-state index in [1.54, 1.807) is 0 Å². The summed E-state index contributed by atoms with van der Waals surface area (Å²) in [5.41, 5.74) is -1.65. The van der Waals surface area contributed by atoms with Crippen LogP contribution in [0.2, 0.25) is 0 Å². The smallest absolute Gasteiger partial charge is 0.417 e. The number of hydrogen-bond donors (Lipinski definition) is 1. The number of rotatable bonds is 6. The van der Waals surface area contributed by atoms with Gasteiger partial charge in [0.1, 0.15) is 6.04 Å². The number of alkyl halides is 3. The van der Waals surface area contributed by atoms with E-state index in [4.69, 9.17) is 4.74 Å². The molecule has 2 heterocycles. The van der Waals surface area contributed by atoms with Crippen molar-refractivity contribution in [2.75, 3.05) is 12.4 Å². The van der Waals surface area contributed by atoms with Crippen molar-refractivity contribution >= 4 is 11.7 Å². The Balaban J connectivity index is 1.91. The van der Waals surface area contributed by atoms with Gasteiger partial charge in [-0.05, 0) is 18.4 Å². The fourth-order valence-electron chi connectivity index (χ4n) is 3.52. The van der Waals surface area contributed by atoms with Crippen LogP contribution in [0, 0.1) is 5.92 Å². The van der Waals surface area contributed by atoms with Crippen LogP contribution in [0.3, 0.4) is 0 Å². The monoisotopic (exact) mass is 410 g/mol. The van der Waals surface area contributed by atoms with Crippen LogP contribution in [0.4, 0.5) is 19.0 Å². The summed E-state index contributed by atoms with van der Waals surface area (Å²) in [4.78, 5) is 33.2. The maximum absolute atomic E-state index is 13.1. The molecule has 0 bridgehead atoms. The van der Waals surface area contributed by atoms with Crippen molar-refractivity contribution in [3.8, 4) is 5.88 Å². The van der Waals surface area contributed by atoms with Crippen LogP contribution in [0.1, 0.15) is 43.7 Å². The summed E-state index contributed by atoms with van der Waals surface area (Å²) in [6.45, 7) is 0. The van der Waals surface area contributed by atoms with Crippen molar-refractivity contribution in [1.29, 1.82) is 0 Å². The van der Waals surface area contributed by atoms with Crippen LogP contribution in [-0.4, -0.2) is 27.6 Å². The van der Waals surface area contributed by atoms with Crippen LogP contribution in [-0.2, 0) is 11.0 Å². The van der Waals surface area contributed by atoms with Crippen molar-refractivity contribution in [1.82, 2.24) is 14.5 Å². The quantitative estimate of drug-likeness (QED) is 0.789. The summed E-state index contributed by atoms with van der Waals surface area (Å²) in [6.07, 6.45) is 2.69. The lowest BCUT2D eigenvalue weighted by Crippen LogP contribution is -2.35. The summed E-state index contributed by atoms with van der Waals surface area (Å²) in [5, 5.41) is 2.54. The van der Waals surface area contributed by atoms with Gasteiger partial charge in [-0.15, -0.1) is 0 Å². The third-order valence-corrected chi connectivity index (χ3v) is 5.02. The summed E-state index contributed by atoms with van der Waals surface area (Å²) in [6, 6.07) is 0.472. The van der Waals surface area contributed by atoms with Gasteiger partial charge in [0.2, 0.25) is 11.8 Å². The molecule has 1 saturated carbocycles. The van der Waals surface area contributed by atoms with E-state index in [-0.39, 0.29) is 24.0 Å². The Morgan fingerprint density at radius 3 is 2.59 bits per heavy atom. The maximum atomic E-state index is 13.1. The first kappa shape index (κ1) is 20.8. The van der Waals surface area contributed by atoms with E-state index in [1.165, 1.54) is 19.5 Å². The third-order valence-electron chi connectivity index (χ3n) is 5.02. The second kappa shape index (κ2) is 8.62. The number of hydrogen-bond acceptors (Lipinski definition) is 5. The van der Waals surface area contributed by atoms with E-state index in [0.717, 1.165) is 42.4 Å². The van der Waals surface area contributed by atoms with Crippen molar-refractivity contribution in [3.63, 3.8) is 0 Å². The highest BCUT2D eigenvalue weighted by Gasteiger charge is 2.33. The normalized spacial score (nSPS) is 15.9. The molecule has 0 spiro atoms. The average molecular weight is 410 g/mol. The molecule has 2 aromatic rings. The Labute approximate surface area is 164 Å². The minimum Gasteiger partial charge on any atom is -0.480 e. The van der Waals surface area contributed by atoms with Crippen molar-refractivity contribution in [2.24, 2.45) is 5.92 Å². The zero-order valence-corrected chi connectivity index (χ0v) is 15.8. The van der Waals surface area contributed by atoms with Gasteiger partial charge in [0.05, 0.1) is 25.1 Å². The van der Waals surface area contributed by atoms with Gasteiger partial charge in [-0.1, -0.05) is 25.7 Å². The van der Waals surface area contributed by atoms with Crippen LogP contribution < -0.4 is 15.6 Å². The topological polar surface area (TPSA) is 86.1 Å². The number of methoxy groups -OCH3 is 1. The minimum absolute atomic E-state index is 0.118. The molecule has 1 aliphatic rings. The Bertz CT molecular complexity index is 906. The summed E-state index contributed by atoms with van der Waals surface area (Å²) in [5.74, 6) is -0.0845. The molecular weight excluding hydrogens is 389 g/mol. The summed E-state index contributed by atoms with van der Waals surface area (Å²) >= 11 is 0. The first-order chi connectivity index (χ1) is 13.8. The summed E-state index contributed by atoms with van der Waals surface area (Å²) in [7, 11) is 1.42. The Morgan fingerprint density at radius 1 is 1.28 bits per heavy atom. The maximum Gasteiger partial charge on any atom is 0.417 e. The van der Waals surface area contributed by atoms with E-state index in [0.29, 0.717) is 6.20 Å². The lowest BCUT2D eigenvalue weighted by molar-refractivity contribution is -0.138. The lowest BCUT2D eigenvalue weighted by atomic mass is 9.97. The molecule has 1 amide bonds. The highest BCUT2D eigenvalue weighted by atomic mass is 19.4. The molecule has 1 unspecified atom stereocenters. The largest absolute Gasteiger partial charge is 0.480 e. The number of amides is 1. The number of nitrogens with zero attached hydrogens (tertiary/aromatic N) is 3. The standard InChI is InChI=1S/C19H21F3N4O3/c1-29-16-10-23-15(9-24-16)25-18(28)14(8-12-4-2-3-5-12)26-11-13(19(20,21)22)6-7-17(26)27/h6-7,9-12,14H,2-5,8H2,1H3,(H,23,25,28). The first-order valence-electron chi connectivity index (χ1n) is 9.24. The Hall–Kier alpha value is -2.91. The molecule has 0 saturated heterocycles. The number of carbonyl (C=O) groups excluding carboxylic acids is 1. The number of aromatic nitrogens is 3. The van der Waals surface area contributed by atoms with Gasteiger partial charge >= 0.3 is 6.18 Å². The number of pyridine rings is 1. The highest BCUT2D eigenvalue weighted by Crippen LogP contribution is 2.33. The van der Waals surface area contributed by atoms with Gasteiger partial charge in [-0.3, -0.25) is 9.59 Å². The van der Waals surface area contributed by atoms with Crippen LogP contribution >= 0.6 is 0 Å². The predicted octanol–water partition coefficient (Wildman–Crippen LogP) is 3.43. The zero-order valence-electron chi connectivity index (χ0n) is 15.8. The van der Waals surface area contributed by atoms with E-state index in [9.17, 15) is 22.8 Å². The fraction of sp³-hybridized carbons (Fsp3) is 0.474. The molecule has 0 radical (unpaired) electrons. The van der Waals surface area contributed by atoms with Crippen molar-refractivity contribution < 1.29 is 22.7 Å². The molecule has 156 valence electrons. The molecule has 1 N–H and O–H groups in total. The zero-order chi connectivity index (χ0) is 21.0. The van der Waals surface area contributed by atoms with E-state index < -0.39 is 29.2 Å². The van der Waals surface area contributed by atoms with Crippen LogP contribution in [0.25, 0.3) is 0 Å². The SMILES string of the molecule is COc1cnc(NC(=O)C(CC2CCCC2)n2cc(C(F)(F)F)ccc2=O)cn1. The first-order valence-corrected chi connectivity index (χ1v) is 9.24. The van der Waals surface area contributed by atoms with Gasteiger partial charge in [0.25, 0.3) is 5.56 Å². The van der Waals surface area contributed by atoms with Gasteiger partial charge in [0, 0.05) is 12.3 Å². The molecule has 3 rings (SSSR count). The predicted molar refractivity (Wildman–Crippen MR) is 98.5 cm³/mol. The third kappa shape index (κ3) is 5.12. The molecule has 0 aliphatic heterocycles. The van der Waals surface area contributed by atoms with Crippen LogP contribution in [0.15, 0.2) is 35.5 Å². The Kier molecular flexibility index (Phi) is 6.19. The van der Waals surface area contributed by atoms with Gasteiger partial charge in [0.15, 0.2) is 5.82 Å². The molecule has 7 nitrogen and oxygen atoms in total. The summed E-state index contributed by atoms with van der Waals surface area (Å²) < 4.78 is 45.2. The number of anilines is 1. The average Bonchev–Trinajstić information content (AvgIpc) is 3.19. The van der Waals surface area contributed by atoms with Gasteiger partial charge in [-0.2, -0.15) is 13.2 Å². The van der Waals surface area contributed by atoms with Crippen molar-refractivity contribution in [3.05, 3.63) is 46.6 Å². The molecule has 1 fully saturated rings. The highest BCUT2D eigenvalue weighted by molar-refractivity contribution is 5.92. The second-order valence-corrected chi connectivity index (χ2v) is 7.00. The minimum atomic E-state index is -4.62. The lowest BCUT2D eigenvalue weighted by Gasteiger charge is -2.23. The molecule has 2 aromatic heterocycles. The van der Waals surface area contributed by atoms with Crippen molar-refractivity contribution in [2.45, 2.75) is 44.3 Å². The van der Waals surface area contributed by atoms with Crippen LogP contribution in [0.5, 0.6) is 5.88 Å². The fourth-order valence-corrected chi connectivity index (χ4v) is 3.52. The number of nitrogens with one attached hydrogen (secondary N) is 1. The Morgan fingerprint density at radius 2 is 2.00 bits per heavy atom. The van der Waals surface area contributed by atoms with E-state index in [2.05, 4.69) is 15.3 Å². The molecule has 1 atom stereocenters. The molecule has 10 heteroatoms. The number of carbonyl (C=O) groups is 1. The molecule has 29 heavy (non-hydrogen) atoms. The molecular formula is C19H21F3N4O3. The van der Waals surface area contributed by atoms with E-state index in [1.807, 2.05) is 0 Å². The number of ether oxygens (including phenoxy) is 1. The van der Waals surface area contributed by atoms with Gasteiger partial charge < -0.3 is 14.6 Å². The number of halogens is 3. The van der Waals surface area contributed by atoms with Gasteiger partial charge in [-0.25, -0.2) is 9.97 Å². The molecule has 0 aromatic carbocycles. The second-order valence-electron chi connectivity index (χ2n) is 7.00.